The largest absolute Gasteiger partial charge is 0.483 e. The SMILES string of the molecule is FC(F)(F)COc1cccc(Cn2cnnn2)c1Br. The molecule has 0 unspecified atom stereocenters. The number of rotatable bonds is 4. The van der Waals surface area contributed by atoms with Gasteiger partial charge >= 0.3 is 6.18 Å². The Kier molecular flexibility index (Phi) is 4.03. The van der Waals surface area contributed by atoms with Crippen LogP contribution in [0.1, 0.15) is 5.56 Å². The molecule has 0 spiro atoms. The Labute approximate surface area is 114 Å². The van der Waals surface area contributed by atoms with Gasteiger partial charge in [0.2, 0.25) is 0 Å². The minimum atomic E-state index is -4.37. The zero-order valence-corrected chi connectivity index (χ0v) is 11.0. The fraction of sp³-hybridized carbons (Fsp3) is 0.300. The van der Waals surface area contributed by atoms with Crippen LogP contribution in [-0.4, -0.2) is 33.0 Å². The normalized spacial score (nSPS) is 11.6. The molecule has 2 aromatic rings. The second kappa shape index (κ2) is 5.55. The van der Waals surface area contributed by atoms with Gasteiger partial charge in [0.1, 0.15) is 12.1 Å². The first-order chi connectivity index (χ1) is 8.96. The second-order valence-corrected chi connectivity index (χ2v) is 4.43. The van der Waals surface area contributed by atoms with Crippen molar-refractivity contribution in [1.82, 2.24) is 20.2 Å². The number of hydrogen-bond acceptors (Lipinski definition) is 4. The van der Waals surface area contributed by atoms with E-state index in [1.807, 2.05) is 0 Å². The number of halogens is 4. The lowest BCUT2D eigenvalue weighted by atomic mass is 10.2. The highest BCUT2D eigenvalue weighted by Crippen LogP contribution is 2.30. The van der Waals surface area contributed by atoms with Crippen molar-refractivity contribution in [2.45, 2.75) is 12.7 Å². The van der Waals surface area contributed by atoms with Gasteiger partial charge in [-0.3, -0.25) is 0 Å². The Morgan fingerprint density at radius 1 is 1.32 bits per heavy atom. The number of benzene rings is 1. The van der Waals surface area contributed by atoms with Gasteiger partial charge in [-0.05, 0) is 38.0 Å². The molecule has 102 valence electrons. The summed E-state index contributed by atoms with van der Waals surface area (Å²) < 4.78 is 43.0. The molecule has 0 bridgehead atoms. The summed E-state index contributed by atoms with van der Waals surface area (Å²) in [7, 11) is 0. The van der Waals surface area contributed by atoms with Gasteiger partial charge in [0.15, 0.2) is 6.61 Å². The molecule has 0 fully saturated rings. The standard InChI is InChI=1S/C10H8BrF3N4O/c11-9-7(4-18-6-15-16-17-18)2-1-3-8(9)19-5-10(12,13)14/h1-3,6H,4-5H2. The van der Waals surface area contributed by atoms with E-state index in [4.69, 9.17) is 4.74 Å². The number of aromatic nitrogens is 4. The summed E-state index contributed by atoms with van der Waals surface area (Å²) in [4.78, 5) is 0. The number of hydrogen-bond donors (Lipinski definition) is 0. The molecule has 1 aromatic heterocycles. The predicted octanol–water partition coefficient (Wildman–Crippen LogP) is 2.42. The summed E-state index contributed by atoms with van der Waals surface area (Å²) in [6, 6.07) is 4.81. The molecule has 0 amide bonds. The van der Waals surface area contributed by atoms with Crippen LogP contribution in [0.3, 0.4) is 0 Å². The molecule has 0 aliphatic heterocycles. The molecular formula is C10H8BrF3N4O. The van der Waals surface area contributed by atoms with Crippen molar-refractivity contribution < 1.29 is 17.9 Å². The third-order valence-electron chi connectivity index (χ3n) is 2.16. The van der Waals surface area contributed by atoms with E-state index in [0.29, 0.717) is 16.6 Å². The van der Waals surface area contributed by atoms with Gasteiger partial charge < -0.3 is 4.74 Å². The van der Waals surface area contributed by atoms with Crippen molar-refractivity contribution in [2.24, 2.45) is 0 Å². The van der Waals surface area contributed by atoms with Gasteiger partial charge in [-0.15, -0.1) is 5.10 Å². The van der Waals surface area contributed by atoms with Crippen LogP contribution < -0.4 is 4.74 Å². The number of ether oxygens (including phenoxy) is 1. The van der Waals surface area contributed by atoms with E-state index in [1.165, 1.54) is 17.1 Å². The first-order valence-corrected chi connectivity index (χ1v) is 5.93. The highest BCUT2D eigenvalue weighted by molar-refractivity contribution is 9.10. The Morgan fingerprint density at radius 2 is 2.11 bits per heavy atom. The van der Waals surface area contributed by atoms with Crippen LogP contribution in [0.2, 0.25) is 0 Å². The van der Waals surface area contributed by atoms with Crippen molar-refractivity contribution in [1.29, 1.82) is 0 Å². The maximum atomic E-state index is 12.1. The zero-order valence-electron chi connectivity index (χ0n) is 9.43. The summed E-state index contributed by atoms with van der Waals surface area (Å²) in [5.41, 5.74) is 0.715. The average Bonchev–Trinajstić information content (AvgIpc) is 2.82. The molecule has 1 aromatic carbocycles. The lowest BCUT2D eigenvalue weighted by Gasteiger charge is -2.12. The molecule has 0 aliphatic carbocycles. The Morgan fingerprint density at radius 3 is 2.74 bits per heavy atom. The summed E-state index contributed by atoms with van der Waals surface area (Å²) >= 11 is 3.22. The van der Waals surface area contributed by atoms with Crippen LogP contribution in [0.5, 0.6) is 5.75 Å². The van der Waals surface area contributed by atoms with Gasteiger partial charge in [0, 0.05) is 0 Å². The van der Waals surface area contributed by atoms with Crippen LogP contribution >= 0.6 is 15.9 Å². The van der Waals surface area contributed by atoms with Crippen LogP contribution in [0.25, 0.3) is 0 Å². The van der Waals surface area contributed by atoms with E-state index >= 15 is 0 Å². The molecular weight excluding hydrogens is 329 g/mol. The summed E-state index contributed by atoms with van der Waals surface area (Å²) in [5.74, 6) is 0.128. The third-order valence-corrected chi connectivity index (χ3v) is 3.06. The summed E-state index contributed by atoms with van der Waals surface area (Å²) in [5, 5.41) is 10.6. The smallest absolute Gasteiger partial charge is 0.422 e. The van der Waals surface area contributed by atoms with Crippen molar-refractivity contribution in [3.8, 4) is 5.75 Å². The van der Waals surface area contributed by atoms with Crippen molar-refractivity contribution in [2.75, 3.05) is 6.61 Å². The lowest BCUT2D eigenvalue weighted by Crippen LogP contribution is -2.19. The van der Waals surface area contributed by atoms with Crippen LogP contribution in [-0.2, 0) is 6.54 Å². The fourth-order valence-electron chi connectivity index (χ4n) is 1.38. The molecule has 1 heterocycles. The van der Waals surface area contributed by atoms with Gasteiger partial charge in [0.05, 0.1) is 11.0 Å². The van der Waals surface area contributed by atoms with Crippen molar-refractivity contribution in [3.05, 3.63) is 34.6 Å². The molecule has 2 rings (SSSR count). The van der Waals surface area contributed by atoms with E-state index in [0.717, 1.165) is 0 Å². The maximum Gasteiger partial charge on any atom is 0.422 e. The molecule has 0 saturated carbocycles. The van der Waals surface area contributed by atoms with Crippen LogP contribution in [0.15, 0.2) is 29.0 Å². The molecule has 0 N–H and O–H groups in total. The van der Waals surface area contributed by atoms with Gasteiger partial charge in [-0.1, -0.05) is 12.1 Å². The van der Waals surface area contributed by atoms with E-state index in [1.54, 1.807) is 12.1 Å². The van der Waals surface area contributed by atoms with E-state index in [2.05, 4.69) is 31.5 Å². The Bertz CT molecular complexity index is 544. The first kappa shape index (κ1) is 13.8. The lowest BCUT2D eigenvalue weighted by molar-refractivity contribution is -0.153. The Hall–Kier alpha value is -1.64. The molecule has 9 heteroatoms. The minimum Gasteiger partial charge on any atom is -0.483 e. The van der Waals surface area contributed by atoms with Crippen LogP contribution in [0.4, 0.5) is 13.2 Å². The van der Waals surface area contributed by atoms with Gasteiger partial charge in [0.25, 0.3) is 0 Å². The maximum absolute atomic E-state index is 12.1. The third kappa shape index (κ3) is 3.91. The van der Waals surface area contributed by atoms with Gasteiger partial charge in [-0.2, -0.15) is 13.2 Å². The molecule has 0 aliphatic rings. The minimum absolute atomic E-state index is 0.128. The quantitative estimate of drug-likeness (QED) is 0.860. The molecule has 5 nitrogen and oxygen atoms in total. The predicted molar refractivity (Wildman–Crippen MR) is 62.6 cm³/mol. The van der Waals surface area contributed by atoms with E-state index in [9.17, 15) is 13.2 Å². The van der Waals surface area contributed by atoms with Gasteiger partial charge in [-0.25, -0.2) is 4.68 Å². The highest BCUT2D eigenvalue weighted by Gasteiger charge is 2.28. The van der Waals surface area contributed by atoms with E-state index in [-0.39, 0.29) is 5.75 Å². The number of alkyl halides is 3. The molecule has 19 heavy (non-hydrogen) atoms. The molecule has 0 radical (unpaired) electrons. The average molecular weight is 337 g/mol. The number of tetrazole rings is 1. The Balaban J connectivity index is 2.13. The second-order valence-electron chi connectivity index (χ2n) is 3.64. The number of nitrogens with zero attached hydrogens (tertiary/aromatic N) is 4. The van der Waals surface area contributed by atoms with Crippen LogP contribution in [0, 0.1) is 0 Å². The highest BCUT2D eigenvalue weighted by atomic mass is 79.9. The topological polar surface area (TPSA) is 52.8 Å². The monoisotopic (exact) mass is 336 g/mol. The molecule has 0 atom stereocenters. The fourth-order valence-corrected chi connectivity index (χ4v) is 1.88. The molecule has 0 saturated heterocycles. The van der Waals surface area contributed by atoms with Crippen molar-refractivity contribution >= 4 is 15.9 Å². The van der Waals surface area contributed by atoms with E-state index < -0.39 is 12.8 Å². The first-order valence-electron chi connectivity index (χ1n) is 5.13. The summed E-state index contributed by atoms with van der Waals surface area (Å²) in [6.07, 6.45) is -2.96. The summed E-state index contributed by atoms with van der Waals surface area (Å²) in [6.45, 7) is -1.00. The van der Waals surface area contributed by atoms with Crippen molar-refractivity contribution in [3.63, 3.8) is 0 Å². The zero-order chi connectivity index (χ0) is 13.9.